The number of carbonyl (C=O) groups is 2. The van der Waals surface area contributed by atoms with E-state index in [4.69, 9.17) is 23.2 Å². The smallest absolute Gasteiger partial charge is 0.326 e. The first-order valence-electron chi connectivity index (χ1n) is 9.96. The largest absolute Gasteiger partial charge is 0.356 e. The average Bonchev–Trinajstić information content (AvgIpc) is 3.31. The van der Waals surface area contributed by atoms with Crippen molar-refractivity contribution in [2.75, 3.05) is 24.5 Å². The fourth-order valence-corrected chi connectivity index (χ4v) is 4.56. The van der Waals surface area contributed by atoms with E-state index in [-0.39, 0.29) is 24.7 Å². The highest BCUT2D eigenvalue weighted by atomic mass is 35.5. The lowest BCUT2D eigenvalue weighted by Gasteiger charge is -2.41. The summed E-state index contributed by atoms with van der Waals surface area (Å²) in [6.45, 7) is 0.999. The number of thiophene rings is 1. The number of benzene rings is 1. The molecule has 2 amide bonds. The van der Waals surface area contributed by atoms with Crippen LogP contribution < -0.4 is 21.5 Å². The minimum atomic E-state index is -0.773. The van der Waals surface area contributed by atoms with E-state index in [1.54, 1.807) is 18.2 Å². The molecule has 0 spiro atoms. The van der Waals surface area contributed by atoms with Crippen LogP contribution in [-0.2, 0) is 11.3 Å². The second-order valence-corrected chi connectivity index (χ2v) is 9.20. The summed E-state index contributed by atoms with van der Waals surface area (Å²) in [4.78, 5) is 58.0. The molecule has 172 valence electrons. The molecular formula is C21H19Cl2N5O4S. The molecule has 1 saturated heterocycles. The van der Waals surface area contributed by atoms with Crippen LogP contribution in [0, 0.1) is 0 Å². The van der Waals surface area contributed by atoms with E-state index >= 15 is 0 Å². The van der Waals surface area contributed by atoms with Crippen molar-refractivity contribution < 1.29 is 9.59 Å². The van der Waals surface area contributed by atoms with Gasteiger partial charge in [-0.15, -0.1) is 11.3 Å². The van der Waals surface area contributed by atoms with E-state index in [0.29, 0.717) is 28.8 Å². The second-order valence-electron chi connectivity index (χ2n) is 7.36. The Kier molecular flexibility index (Phi) is 6.87. The molecule has 1 aliphatic heterocycles. The summed E-state index contributed by atoms with van der Waals surface area (Å²) in [6, 6.07) is 9.21. The highest BCUT2D eigenvalue weighted by molar-refractivity contribution is 7.09. The van der Waals surface area contributed by atoms with E-state index in [9.17, 15) is 19.2 Å². The second kappa shape index (κ2) is 9.82. The lowest BCUT2D eigenvalue weighted by atomic mass is 10.1. The molecule has 9 nitrogen and oxygen atoms in total. The monoisotopic (exact) mass is 507 g/mol. The van der Waals surface area contributed by atoms with Gasteiger partial charge in [0.05, 0.1) is 23.1 Å². The number of amides is 2. The van der Waals surface area contributed by atoms with Crippen LogP contribution in [0.25, 0.3) is 0 Å². The molecule has 0 saturated carbocycles. The van der Waals surface area contributed by atoms with Gasteiger partial charge in [-0.1, -0.05) is 29.3 Å². The number of hydrogen-bond donors (Lipinski definition) is 3. The molecule has 3 N–H and O–H groups in total. The van der Waals surface area contributed by atoms with Gasteiger partial charge in [0.25, 0.3) is 11.5 Å². The highest BCUT2D eigenvalue weighted by Gasteiger charge is 2.35. The molecule has 33 heavy (non-hydrogen) atoms. The Morgan fingerprint density at radius 1 is 1.09 bits per heavy atom. The minimum Gasteiger partial charge on any atom is -0.356 e. The molecule has 0 bridgehead atoms. The fraction of sp³-hybridized carbons (Fsp3) is 0.238. The minimum absolute atomic E-state index is 0.0458. The number of nitrogens with zero attached hydrogens (tertiary/aromatic N) is 2. The van der Waals surface area contributed by atoms with Gasteiger partial charge in [0.15, 0.2) is 0 Å². The van der Waals surface area contributed by atoms with Gasteiger partial charge in [-0.05, 0) is 29.6 Å². The van der Waals surface area contributed by atoms with E-state index in [0.717, 1.165) is 10.9 Å². The molecule has 0 radical (unpaired) electrons. The molecule has 1 fully saturated rings. The van der Waals surface area contributed by atoms with Crippen LogP contribution in [0.4, 0.5) is 5.69 Å². The van der Waals surface area contributed by atoms with Crippen LogP contribution in [0.3, 0.4) is 0 Å². The third kappa shape index (κ3) is 5.29. The highest BCUT2D eigenvalue weighted by Crippen LogP contribution is 2.29. The molecular weight excluding hydrogens is 489 g/mol. The Labute approximate surface area is 201 Å². The van der Waals surface area contributed by atoms with Crippen molar-refractivity contribution in [3.63, 3.8) is 0 Å². The maximum Gasteiger partial charge on any atom is 0.326 e. The number of hydrogen-bond acceptors (Lipinski definition) is 6. The van der Waals surface area contributed by atoms with Crippen LogP contribution in [-0.4, -0.2) is 52.4 Å². The van der Waals surface area contributed by atoms with Crippen molar-refractivity contribution in [2.45, 2.75) is 12.6 Å². The van der Waals surface area contributed by atoms with Crippen molar-refractivity contribution in [1.82, 2.24) is 20.2 Å². The summed E-state index contributed by atoms with van der Waals surface area (Å²) in [5.41, 5.74) is -0.894. The summed E-state index contributed by atoms with van der Waals surface area (Å²) in [7, 11) is 0. The van der Waals surface area contributed by atoms with Crippen molar-refractivity contribution in [3.8, 4) is 0 Å². The molecule has 2 aromatic heterocycles. The van der Waals surface area contributed by atoms with Crippen molar-refractivity contribution in [1.29, 1.82) is 0 Å². The van der Waals surface area contributed by atoms with Crippen LogP contribution in [0.15, 0.2) is 51.4 Å². The Balaban J connectivity index is 1.59. The van der Waals surface area contributed by atoms with Gasteiger partial charge in [-0.25, -0.2) is 4.79 Å². The number of nitrogens with one attached hydrogen (secondary N) is 3. The molecule has 4 rings (SSSR count). The number of anilines is 1. The summed E-state index contributed by atoms with van der Waals surface area (Å²) < 4.78 is 0. The summed E-state index contributed by atoms with van der Waals surface area (Å²) in [5, 5.41) is 5.59. The molecule has 3 aromatic rings. The predicted octanol–water partition coefficient (Wildman–Crippen LogP) is 2.08. The number of H-pyrrole nitrogens is 2. The van der Waals surface area contributed by atoms with E-state index in [2.05, 4.69) is 10.3 Å². The molecule has 3 heterocycles. The predicted molar refractivity (Wildman–Crippen MR) is 127 cm³/mol. The first-order chi connectivity index (χ1) is 15.8. The molecule has 0 aliphatic carbocycles. The zero-order valence-electron chi connectivity index (χ0n) is 17.1. The number of halogens is 2. The van der Waals surface area contributed by atoms with E-state index in [1.807, 2.05) is 27.4 Å². The van der Waals surface area contributed by atoms with E-state index in [1.165, 1.54) is 16.2 Å². The zero-order chi connectivity index (χ0) is 23.5. The van der Waals surface area contributed by atoms with E-state index < -0.39 is 23.2 Å². The molecule has 1 aliphatic rings. The van der Waals surface area contributed by atoms with Crippen LogP contribution in [0.5, 0.6) is 0 Å². The van der Waals surface area contributed by atoms with Crippen molar-refractivity contribution >= 4 is 52.0 Å². The maximum absolute atomic E-state index is 13.2. The number of aromatic nitrogens is 2. The quantitative estimate of drug-likeness (QED) is 0.488. The molecule has 1 unspecified atom stereocenters. The number of aromatic amines is 2. The van der Waals surface area contributed by atoms with Gasteiger partial charge in [0.2, 0.25) is 5.91 Å². The Morgan fingerprint density at radius 2 is 1.91 bits per heavy atom. The first-order valence-corrected chi connectivity index (χ1v) is 11.6. The molecule has 1 aromatic carbocycles. The third-order valence-corrected chi connectivity index (χ3v) is 6.83. The van der Waals surface area contributed by atoms with Gasteiger partial charge >= 0.3 is 5.69 Å². The van der Waals surface area contributed by atoms with Gasteiger partial charge in [0, 0.05) is 29.7 Å². The Bertz CT molecular complexity index is 1260. The molecule has 1 atom stereocenters. The lowest BCUT2D eigenvalue weighted by Crippen LogP contribution is -2.60. The van der Waals surface area contributed by atoms with Crippen molar-refractivity contribution in [3.05, 3.63) is 83.2 Å². The topological polar surface area (TPSA) is 118 Å². The van der Waals surface area contributed by atoms with Gasteiger partial charge in [0.1, 0.15) is 11.7 Å². The lowest BCUT2D eigenvalue weighted by molar-refractivity contribution is -0.123. The number of carbonyl (C=O) groups excluding carboxylic acids is 2. The van der Waals surface area contributed by atoms with Gasteiger partial charge < -0.3 is 20.1 Å². The Hall–Kier alpha value is -3.08. The average molecular weight is 508 g/mol. The standard InChI is InChI=1S/C21H19Cl2N5O4S/c22-14-4-3-12(8-15(14)23)28-6-5-27(20(31)16-9-18(29)26-21(32)25-16)11-17(28)19(30)24-10-13-2-1-7-33-13/h1-4,7-9,17H,5-6,10-11H2,(H,24,30)(H2,25,26,29,32). The van der Waals surface area contributed by atoms with Gasteiger partial charge in [-0.3, -0.25) is 19.4 Å². The SMILES string of the molecule is O=C(NCc1cccs1)C1CN(C(=O)c2cc(=O)[nH]c(=O)[nH]2)CCN1c1ccc(Cl)c(Cl)c1. The Morgan fingerprint density at radius 3 is 2.61 bits per heavy atom. The fourth-order valence-electron chi connectivity index (χ4n) is 3.62. The molecule has 12 heteroatoms. The third-order valence-electron chi connectivity index (χ3n) is 5.21. The first kappa shape index (κ1) is 23.1. The van der Waals surface area contributed by atoms with Gasteiger partial charge in [-0.2, -0.15) is 0 Å². The zero-order valence-corrected chi connectivity index (χ0v) is 19.5. The summed E-state index contributed by atoms with van der Waals surface area (Å²) in [5.74, 6) is -0.811. The number of rotatable bonds is 5. The van der Waals surface area contributed by atoms with Crippen LogP contribution in [0.2, 0.25) is 10.0 Å². The normalized spacial score (nSPS) is 16.0. The maximum atomic E-state index is 13.2. The summed E-state index contributed by atoms with van der Waals surface area (Å²) in [6.07, 6.45) is 0. The summed E-state index contributed by atoms with van der Waals surface area (Å²) >= 11 is 13.8. The number of piperazine rings is 1. The van der Waals surface area contributed by atoms with Crippen LogP contribution >= 0.6 is 34.5 Å². The van der Waals surface area contributed by atoms with Crippen molar-refractivity contribution in [2.24, 2.45) is 0 Å². The van der Waals surface area contributed by atoms with Crippen LogP contribution in [0.1, 0.15) is 15.4 Å².